The molecular formula is C12H14ClN3. The summed E-state index contributed by atoms with van der Waals surface area (Å²) in [6.07, 6.45) is 2.48. The number of benzene rings is 1. The number of nitriles is 1. The van der Waals surface area contributed by atoms with Crippen LogP contribution in [0.15, 0.2) is 18.2 Å². The molecule has 0 amide bonds. The quantitative estimate of drug-likeness (QED) is 0.842. The molecule has 84 valence electrons. The highest BCUT2D eigenvalue weighted by atomic mass is 35.5. The lowest BCUT2D eigenvalue weighted by Gasteiger charge is -2.18. The Morgan fingerprint density at radius 3 is 2.81 bits per heavy atom. The summed E-state index contributed by atoms with van der Waals surface area (Å²) in [6.45, 7) is 0.612. The number of hydrogen-bond donors (Lipinski definition) is 2. The van der Waals surface area contributed by atoms with Crippen molar-refractivity contribution >= 4 is 17.3 Å². The van der Waals surface area contributed by atoms with Gasteiger partial charge in [-0.3, -0.25) is 0 Å². The SMILES string of the molecule is N#Cc1ccc(NC(CN)C2CC2)c(Cl)c1. The Balaban J connectivity index is 2.11. The first-order chi connectivity index (χ1) is 7.74. The minimum absolute atomic E-state index is 0.297. The first kappa shape index (κ1) is 11.3. The van der Waals surface area contributed by atoms with E-state index in [-0.39, 0.29) is 0 Å². The molecule has 1 fully saturated rings. The molecule has 0 bridgehead atoms. The van der Waals surface area contributed by atoms with E-state index in [1.165, 1.54) is 12.8 Å². The van der Waals surface area contributed by atoms with Crippen molar-refractivity contribution in [3.63, 3.8) is 0 Å². The number of nitrogens with two attached hydrogens (primary N) is 1. The molecule has 1 aliphatic rings. The number of anilines is 1. The fourth-order valence-corrected chi connectivity index (χ4v) is 2.00. The van der Waals surface area contributed by atoms with Crippen LogP contribution in [-0.4, -0.2) is 12.6 Å². The molecule has 16 heavy (non-hydrogen) atoms. The topological polar surface area (TPSA) is 61.8 Å². The zero-order valence-electron chi connectivity index (χ0n) is 8.91. The molecule has 0 aromatic heterocycles. The third kappa shape index (κ3) is 2.46. The standard InChI is InChI=1S/C12H14ClN3/c13-10-5-8(6-14)1-4-11(10)16-12(7-15)9-2-3-9/h1,4-5,9,12,16H,2-3,7,15H2. The zero-order chi connectivity index (χ0) is 11.5. The number of hydrogen-bond acceptors (Lipinski definition) is 3. The van der Waals surface area contributed by atoms with E-state index >= 15 is 0 Å². The Morgan fingerprint density at radius 1 is 1.56 bits per heavy atom. The highest BCUT2D eigenvalue weighted by molar-refractivity contribution is 6.33. The Kier molecular flexibility index (Phi) is 3.33. The molecule has 3 nitrogen and oxygen atoms in total. The molecule has 1 aromatic rings. The molecule has 1 aliphatic carbocycles. The van der Waals surface area contributed by atoms with E-state index in [1.807, 2.05) is 6.07 Å². The van der Waals surface area contributed by atoms with Crippen molar-refractivity contribution in [3.05, 3.63) is 28.8 Å². The Labute approximate surface area is 100 Å². The van der Waals surface area contributed by atoms with Gasteiger partial charge in [0.2, 0.25) is 0 Å². The highest BCUT2D eigenvalue weighted by Gasteiger charge is 2.30. The van der Waals surface area contributed by atoms with Gasteiger partial charge in [-0.1, -0.05) is 11.6 Å². The third-order valence-corrected chi connectivity index (χ3v) is 3.20. The summed E-state index contributed by atoms with van der Waals surface area (Å²) in [5.74, 6) is 0.678. The van der Waals surface area contributed by atoms with Crippen LogP contribution < -0.4 is 11.1 Å². The van der Waals surface area contributed by atoms with Gasteiger partial charge in [0.1, 0.15) is 0 Å². The third-order valence-electron chi connectivity index (χ3n) is 2.88. The second-order valence-corrected chi connectivity index (χ2v) is 4.54. The van der Waals surface area contributed by atoms with Crippen LogP contribution in [0.4, 0.5) is 5.69 Å². The van der Waals surface area contributed by atoms with Crippen LogP contribution in [0.1, 0.15) is 18.4 Å². The lowest BCUT2D eigenvalue weighted by atomic mass is 10.1. The summed E-state index contributed by atoms with van der Waals surface area (Å²) in [5, 5.41) is 12.7. The molecule has 0 saturated heterocycles. The summed E-state index contributed by atoms with van der Waals surface area (Å²) in [7, 11) is 0. The van der Waals surface area contributed by atoms with Gasteiger partial charge in [-0.25, -0.2) is 0 Å². The molecule has 0 radical (unpaired) electrons. The number of halogens is 1. The second kappa shape index (κ2) is 4.73. The van der Waals surface area contributed by atoms with Crippen LogP contribution in [0.5, 0.6) is 0 Å². The van der Waals surface area contributed by atoms with E-state index in [4.69, 9.17) is 22.6 Å². The summed E-state index contributed by atoms with van der Waals surface area (Å²) in [4.78, 5) is 0. The van der Waals surface area contributed by atoms with Gasteiger partial charge >= 0.3 is 0 Å². The highest BCUT2D eigenvalue weighted by Crippen LogP contribution is 2.35. The van der Waals surface area contributed by atoms with Gasteiger partial charge in [-0.05, 0) is 37.0 Å². The first-order valence-corrected chi connectivity index (χ1v) is 5.78. The molecule has 1 saturated carbocycles. The summed E-state index contributed by atoms with van der Waals surface area (Å²) in [5.41, 5.74) is 7.15. The minimum atomic E-state index is 0.297. The number of rotatable bonds is 4. The van der Waals surface area contributed by atoms with Crippen molar-refractivity contribution in [2.24, 2.45) is 11.7 Å². The summed E-state index contributed by atoms with van der Waals surface area (Å²) >= 11 is 6.08. The van der Waals surface area contributed by atoms with Crippen molar-refractivity contribution in [3.8, 4) is 6.07 Å². The van der Waals surface area contributed by atoms with Crippen molar-refractivity contribution in [1.29, 1.82) is 5.26 Å². The summed E-state index contributed by atoms with van der Waals surface area (Å²) in [6, 6.07) is 7.63. The molecule has 0 spiro atoms. The second-order valence-electron chi connectivity index (χ2n) is 4.13. The average molecular weight is 236 g/mol. The predicted molar refractivity (Wildman–Crippen MR) is 65.4 cm³/mol. The monoisotopic (exact) mass is 235 g/mol. The largest absolute Gasteiger partial charge is 0.380 e. The maximum atomic E-state index is 8.73. The van der Waals surface area contributed by atoms with E-state index in [1.54, 1.807) is 12.1 Å². The fraction of sp³-hybridized carbons (Fsp3) is 0.417. The first-order valence-electron chi connectivity index (χ1n) is 5.41. The van der Waals surface area contributed by atoms with Crippen molar-refractivity contribution in [2.45, 2.75) is 18.9 Å². The van der Waals surface area contributed by atoms with Gasteiger partial charge in [0.15, 0.2) is 0 Å². The molecule has 4 heteroatoms. The fourth-order valence-electron chi connectivity index (χ4n) is 1.77. The molecular weight excluding hydrogens is 222 g/mol. The van der Waals surface area contributed by atoms with Gasteiger partial charge in [-0.15, -0.1) is 0 Å². The Hall–Kier alpha value is -1.24. The van der Waals surface area contributed by atoms with Gasteiger partial charge in [-0.2, -0.15) is 5.26 Å². The number of nitrogens with zero attached hydrogens (tertiary/aromatic N) is 1. The van der Waals surface area contributed by atoms with Crippen molar-refractivity contribution in [1.82, 2.24) is 0 Å². The van der Waals surface area contributed by atoms with E-state index < -0.39 is 0 Å². The molecule has 0 aliphatic heterocycles. The van der Waals surface area contributed by atoms with Crippen LogP contribution in [0.25, 0.3) is 0 Å². The molecule has 1 unspecified atom stereocenters. The van der Waals surface area contributed by atoms with Crippen LogP contribution in [0, 0.1) is 17.2 Å². The molecule has 3 N–H and O–H groups in total. The van der Waals surface area contributed by atoms with Crippen molar-refractivity contribution < 1.29 is 0 Å². The van der Waals surface area contributed by atoms with E-state index in [9.17, 15) is 0 Å². The van der Waals surface area contributed by atoms with Crippen LogP contribution in [-0.2, 0) is 0 Å². The maximum Gasteiger partial charge on any atom is 0.0992 e. The van der Waals surface area contributed by atoms with Crippen LogP contribution in [0.2, 0.25) is 5.02 Å². The predicted octanol–water partition coefficient (Wildman–Crippen LogP) is 2.36. The molecule has 2 rings (SSSR count). The van der Waals surface area contributed by atoms with E-state index in [2.05, 4.69) is 11.4 Å². The molecule has 1 atom stereocenters. The van der Waals surface area contributed by atoms with Gasteiger partial charge in [0.25, 0.3) is 0 Å². The zero-order valence-corrected chi connectivity index (χ0v) is 9.67. The summed E-state index contributed by atoms with van der Waals surface area (Å²) < 4.78 is 0. The lowest BCUT2D eigenvalue weighted by Crippen LogP contribution is -2.30. The smallest absolute Gasteiger partial charge is 0.0992 e. The molecule has 1 aromatic carbocycles. The van der Waals surface area contributed by atoms with E-state index in [0.29, 0.717) is 29.1 Å². The maximum absolute atomic E-state index is 8.73. The average Bonchev–Trinajstić information content (AvgIpc) is 3.11. The minimum Gasteiger partial charge on any atom is -0.380 e. The lowest BCUT2D eigenvalue weighted by molar-refractivity contribution is 0.645. The molecule has 0 heterocycles. The normalized spacial score (nSPS) is 16.6. The number of nitrogens with one attached hydrogen (secondary N) is 1. The van der Waals surface area contributed by atoms with E-state index in [0.717, 1.165) is 5.69 Å². The van der Waals surface area contributed by atoms with Gasteiger partial charge in [0.05, 0.1) is 22.3 Å². The van der Waals surface area contributed by atoms with Gasteiger partial charge in [0, 0.05) is 12.6 Å². The van der Waals surface area contributed by atoms with Crippen LogP contribution >= 0.6 is 11.6 Å². The van der Waals surface area contributed by atoms with Crippen molar-refractivity contribution in [2.75, 3.05) is 11.9 Å². The Morgan fingerprint density at radius 2 is 2.31 bits per heavy atom. The van der Waals surface area contributed by atoms with Gasteiger partial charge < -0.3 is 11.1 Å². The van der Waals surface area contributed by atoms with Crippen LogP contribution in [0.3, 0.4) is 0 Å². The Bertz CT molecular complexity index is 421.